The van der Waals surface area contributed by atoms with Crippen LogP contribution in [0.25, 0.3) is 0 Å². The summed E-state index contributed by atoms with van der Waals surface area (Å²) in [5.74, 6) is 0.124. The molecule has 0 amide bonds. The van der Waals surface area contributed by atoms with Crippen molar-refractivity contribution in [3.8, 4) is 6.07 Å². The van der Waals surface area contributed by atoms with Crippen molar-refractivity contribution in [2.24, 2.45) is 0 Å². The number of halogens is 2. The second-order valence-corrected chi connectivity index (χ2v) is 8.29. The minimum absolute atomic E-state index is 0.0806. The SMILES string of the molecule is N#Cc1ccc(NS(=O)(=O)N2CCC(n3ncc(Cl)c(Cl)c3=O)CC2)nc1. The van der Waals surface area contributed by atoms with Crippen LogP contribution in [0.3, 0.4) is 0 Å². The third kappa shape index (κ3) is 4.22. The van der Waals surface area contributed by atoms with Gasteiger partial charge in [0, 0.05) is 19.3 Å². The van der Waals surface area contributed by atoms with Crippen molar-refractivity contribution in [3.05, 3.63) is 50.5 Å². The van der Waals surface area contributed by atoms with Crippen LogP contribution in [0.2, 0.25) is 10.0 Å². The molecule has 0 atom stereocenters. The third-order valence-corrected chi connectivity index (χ3v) is 6.40. The zero-order valence-corrected chi connectivity index (χ0v) is 16.2. The summed E-state index contributed by atoms with van der Waals surface area (Å²) in [7, 11) is -3.80. The Morgan fingerprint density at radius 1 is 1.22 bits per heavy atom. The first-order valence-electron chi connectivity index (χ1n) is 7.88. The molecule has 0 spiro atoms. The summed E-state index contributed by atoms with van der Waals surface area (Å²) >= 11 is 11.6. The fourth-order valence-corrected chi connectivity index (χ4v) is 4.19. The lowest BCUT2D eigenvalue weighted by Crippen LogP contribution is -2.43. The molecule has 1 aliphatic rings. The molecular weight excluding hydrogens is 415 g/mol. The van der Waals surface area contributed by atoms with E-state index in [1.165, 1.54) is 33.5 Å². The fraction of sp³-hybridized carbons (Fsp3) is 0.333. The van der Waals surface area contributed by atoms with E-state index < -0.39 is 15.8 Å². The van der Waals surface area contributed by atoms with E-state index in [9.17, 15) is 13.2 Å². The number of nitrogens with zero attached hydrogens (tertiary/aromatic N) is 5. The molecule has 2 aromatic heterocycles. The van der Waals surface area contributed by atoms with E-state index in [-0.39, 0.29) is 35.0 Å². The summed E-state index contributed by atoms with van der Waals surface area (Å²) in [6.45, 7) is 0.398. The van der Waals surface area contributed by atoms with E-state index >= 15 is 0 Å². The molecule has 12 heteroatoms. The second kappa shape index (κ2) is 7.82. The first kappa shape index (κ1) is 19.6. The monoisotopic (exact) mass is 428 g/mol. The van der Waals surface area contributed by atoms with Crippen molar-refractivity contribution in [1.82, 2.24) is 19.1 Å². The quantitative estimate of drug-likeness (QED) is 0.792. The Bertz CT molecular complexity index is 1040. The maximum Gasteiger partial charge on any atom is 0.302 e. The number of nitrogens with one attached hydrogen (secondary N) is 1. The lowest BCUT2D eigenvalue weighted by Gasteiger charge is -2.31. The van der Waals surface area contributed by atoms with Crippen LogP contribution in [-0.4, -0.2) is 40.6 Å². The Kier molecular flexibility index (Phi) is 5.67. The number of hydrogen-bond acceptors (Lipinski definition) is 6. The van der Waals surface area contributed by atoms with Crippen molar-refractivity contribution in [2.45, 2.75) is 18.9 Å². The van der Waals surface area contributed by atoms with Crippen LogP contribution < -0.4 is 10.3 Å². The number of anilines is 1. The summed E-state index contributed by atoms with van der Waals surface area (Å²) in [6, 6.07) is 4.53. The van der Waals surface area contributed by atoms with Gasteiger partial charge in [-0.1, -0.05) is 23.2 Å². The van der Waals surface area contributed by atoms with Crippen molar-refractivity contribution in [2.75, 3.05) is 17.8 Å². The van der Waals surface area contributed by atoms with Gasteiger partial charge in [-0.25, -0.2) is 9.67 Å². The molecule has 1 aliphatic heterocycles. The standard InChI is InChI=1S/C15H14Cl2N6O3S/c16-12-9-20-23(15(24)14(12)17)11-3-5-22(6-4-11)27(25,26)21-13-2-1-10(7-18)8-19-13/h1-2,8-9,11H,3-6H2,(H,19,21). The number of pyridine rings is 1. The van der Waals surface area contributed by atoms with Gasteiger partial charge < -0.3 is 0 Å². The Labute approximate surface area is 165 Å². The Hall–Kier alpha value is -2.19. The van der Waals surface area contributed by atoms with Crippen LogP contribution in [0.15, 0.2) is 29.3 Å². The Morgan fingerprint density at radius 2 is 1.93 bits per heavy atom. The predicted octanol–water partition coefficient (Wildman–Crippen LogP) is 1.81. The highest BCUT2D eigenvalue weighted by Crippen LogP contribution is 2.24. The molecule has 2 aromatic rings. The zero-order valence-electron chi connectivity index (χ0n) is 13.8. The molecule has 0 saturated carbocycles. The average Bonchev–Trinajstić information content (AvgIpc) is 2.67. The molecule has 27 heavy (non-hydrogen) atoms. The zero-order chi connectivity index (χ0) is 19.6. The van der Waals surface area contributed by atoms with Gasteiger partial charge in [-0.15, -0.1) is 0 Å². The molecular formula is C15H14Cl2N6O3S. The molecule has 1 N–H and O–H groups in total. The molecule has 1 fully saturated rings. The smallest absolute Gasteiger partial charge is 0.266 e. The number of rotatable bonds is 4. The molecule has 0 aliphatic carbocycles. The van der Waals surface area contributed by atoms with Gasteiger partial charge in [-0.05, 0) is 25.0 Å². The minimum atomic E-state index is -3.80. The highest BCUT2D eigenvalue weighted by atomic mass is 35.5. The second-order valence-electron chi connectivity index (χ2n) is 5.84. The first-order valence-corrected chi connectivity index (χ1v) is 10.1. The molecule has 0 aromatic carbocycles. The number of aromatic nitrogens is 3. The van der Waals surface area contributed by atoms with Crippen LogP contribution in [-0.2, 0) is 10.2 Å². The average molecular weight is 429 g/mol. The van der Waals surface area contributed by atoms with Crippen LogP contribution in [0.5, 0.6) is 0 Å². The summed E-state index contributed by atoms with van der Waals surface area (Å²) in [5.41, 5.74) is -0.163. The Balaban J connectivity index is 1.68. The molecule has 1 saturated heterocycles. The Morgan fingerprint density at radius 3 is 2.52 bits per heavy atom. The molecule has 0 unspecified atom stereocenters. The van der Waals surface area contributed by atoms with Gasteiger partial charge in [0.1, 0.15) is 16.9 Å². The van der Waals surface area contributed by atoms with Crippen molar-refractivity contribution in [3.63, 3.8) is 0 Å². The van der Waals surface area contributed by atoms with Gasteiger partial charge >= 0.3 is 10.2 Å². The topological polar surface area (TPSA) is 121 Å². The minimum Gasteiger partial charge on any atom is -0.266 e. The maximum absolute atomic E-state index is 12.5. The lowest BCUT2D eigenvalue weighted by molar-refractivity contribution is 0.256. The summed E-state index contributed by atoms with van der Waals surface area (Å²) < 4.78 is 29.9. The van der Waals surface area contributed by atoms with E-state index in [1.54, 1.807) is 0 Å². The van der Waals surface area contributed by atoms with Crippen LogP contribution in [0, 0.1) is 11.3 Å². The molecule has 0 bridgehead atoms. The van der Waals surface area contributed by atoms with Crippen LogP contribution >= 0.6 is 23.2 Å². The van der Waals surface area contributed by atoms with Gasteiger partial charge in [0.05, 0.1) is 22.8 Å². The number of hydrogen-bond donors (Lipinski definition) is 1. The molecule has 3 heterocycles. The molecule has 9 nitrogen and oxygen atoms in total. The predicted molar refractivity (Wildman–Crippen MR) is 99.9 cm³/mol. The lowest BCUT2D eigenvalue weighted by atomic mass is 10.1. The number of nitriles is 1. The molecule has 3 rings (SSSR count). The van der Waals surface area contributed by atoms with Crippen molar-refractivity contribution >= 4 is 39.2 Å². The van der Waals surface area contributed by atoms with Crippen LogP contribution in [0.4, 0.5) is 5.82 Å². The van der Waals surface area contributed by atoms with E-state index in [0.717, 1.165) is 0 Å². The summed E-state index contributed by atoms with van der Waals surface area (Å²) in [6.07, 6.45) is 3.37. The van der Waals surface area contributed by atoms with E-state index in [1.807, 2.05) is 6.07 Å². The van der Waals surface area contributed by atoms with E-state index in [2.05, 4.69) is 14.8 Å². The summed E-state index contributed by atoms with van der Waals surface area (Å²) in [5, 5.41) is 12.7. The number of piperidine rings is 1. The van der Waals surface area contributed by atoms with Crippen molar-refractivity contribution < 1.29 is 8.42 Å². The highest BCUT2D eigenvalue weighted by molar-refractivity contribution is 7.90. The third-order valence-electron chi connectivity index (χ3n) is 4.14. The van der Waals surface area contributed by atoms with Crippen molar-refractivity contribution in [1.29, 1.82) is 5.26 Å². The van der Waals surface area contributed by atoms with Crippen LogP contribution in [0.1, 0.15) is 24.4 Å². The molecule has 0 radical (unpaired) electrons. The largest absolute Gasteiger partial charge is 0.302 e. The van der Waals surface area contributed by atoms with E-state index in [4.69, 9.17) is 28.5 Å². The highest BCUT2D eigenvalue weighted by Gasteiger charge is 2.30. The molecule has 142 valence electrons. The fourth-order valence-electron chi connectivity index (χ4n) is 2.73. The van der Waals surface area contributed by atoms with E-state index in [0.29, 0.717) is 18.4 Å². The normalized spacial score (nSPS) is 16.0. The van der Waals surface area contributed by atoms with Gasteiger partial charge in [0.2, 0.25) is 0 Å². The maximum atomic E-state index is 12.5. The summed E-state index contributed by atoms with van der Waals surface area (Å²) in [4.78, 5) is 16.1. The van der Waals surface area contributed by atoms with Gasteiger partial charge in [0.25, 0.3) is 5.56 Å². The van der Waals surface area contributed by atoms with Gasteiger partial charge in [0.15, 0.2) is 0 Å². The van der Waals surface area contributed by atoms with Gasteiger partial charge in [-0.2, -0.15) is 23.1 Å². The first-order chi connectivity index (χ1) is 12.8. The van der Waals surface area contributed by atoms with Gasteiger partial charge in [-0.3, -0.25) is 9.52 Å².